The van der Waals surface area contributed by atoms with Crippen molar-refractivity contribution in [3.05, 3.63) is 85.8 Å². The van der Waals surface area contributed by atoms with Crippen molar-refractivity contribution >= 4 is 51.0 Å². The van der Waals surface area contributed by atoms with Gasteiger partial charge >= 0.3 is 29.6 Å². The SMILES string of the molecule is O=C(NCCc1ccc(Cl)cc1Br)c1ccc(Oc2cc3c(cc2Cl)C(C(=O)[O-])CCO3)cc1.[Na+]. The Hall–Kier alpha value is -1.74. The second kappa shape index (κ2) is 12.5. The van der Waals surface area contributed by atoms with Crippen molar-refractivity contribution in [3.8, 4) is 17.2 Å². The van der Waals surface area contributed by atoms with Crippen molar-refractivity contribution in [2.45, 2.75) is 18.8 Å². The minimum Gasteiger partial charge on any atom is -0.549 e. The van der Waals surface area contributed by atoms with Gasteiger partial charge in [-0.05, 0) is 60.9 Å². The molecule has 10 heteroatoms. The molecule has 3 aromatic rings. The standard InChI is InChI=1S/C25H20BrCl2NO5.Na/c26-20-11-16(27)4-1-14(20)7-9-29-24(30)15-2-5-17(6-3-15)34-23-13-22-19(12-21(23)28)18(25(31)32)8-10-33-22;/h1-6,11-13,18H,7-10H2,(H,29,30)(H,31,32);/q;+1/p-1. The van der Waals surface area contributed by atoms with E-state index in [0.29, 0.717) is 52.8 Å². The van der Waals surface area contributed by atoms with E-state index in [9.17, 15) is 14.7 Å². The first kappa shape index (κ1) is 27.8. The van der Waals surface area contributed by atoms with Gasteiger partial charge in [0, 0.05) is 45.1 Å². The van der Waals surface area contributed by atoms with Crippen LogP contribution >= 0.6 is 39.1 Å². The first-order valence-electron chi connectivity index (χ1n) is 10.5. The van der Waals surface area contributed by atoms with Crippen LogP contribution in [0.2, 0.25) is 10.0 Å². The normalized spacial score (nSPS) is 14.2. The van der Waals surface area contributed by atoms with Crippen LogP contribution in [0.15, 0.2) is 59.1 Å². The Bertz CT molecular complexity index is 1240. The molecule has 0 aliphatic carbocycles. The summed E-state index contributed by atoms with van der Waals surface area (Å²) in [6.07, 6.45) is 0.981. The third-order valence-electron chi connectivity index (χ3n) is 5.43. The Morgan fingerprint density at radius 2 is 1.86 bits per heavy atom. The molecule has 0 aromatic heterocycles. The minimum absolute atomic E-state index is 0. The van der Waals surface area contributed by atoms with Gasteiger partial charge in [-0.15, -0.1) is 0 Å². The van der Waals surface area contributed by atoms with Gasteiger partial charge < -0.3 is 24.7 Å². The number of carboxylic acids is 1. The van der Waals surface area contributed by atoms with E-state index in [1.165, 1.54) is 6.07 Å². The first-order valence-corrected chi connectivity index (χ1v) is 12.0. The number of nitrogens with one attached hydrogen (secondary N) is 1. The maximum Gasteiger partial charge on any atom is 1.00 e. The maximum absolute atomic E-state index is 12.5. The fraction of sp³-hybridized carbons (Fsp3) is 0.200. The summed E-state index contributed by atoms with van der Waals surface area (Å²) >= 11 is 15.7. The second-order valence-corrected chi connectivity index (χ2v) is 9.40. The van der Waals surface area contributed by atoms with Crippen molar-refractivity contribution < 1.29 is 53.7 Å². The molecule has 176 valence electrons. The summed E-state index contributed by atoms with van der Waals surface area (Å²) in [6, 6.07) is 15.3. The van der Waals surface area contributed by atoms with E-state index in [-0.39, 0.29) is 47.1 Å². The molecule has 1 aliphatic heterocycles. The van der Waals surface area contributed by atoms with Gasteiger partial charge in [0.15, 0.2) is 0 Å². The molecule has 35 heavy (non-hydrogen) atoms. The van der Waals surface area contributed by atoms with E-state index in [1.54, 1.807) is 30.3 Å². The van der Waals surface area contributed by atoms with Crippen molar-refractivity contribution in [2.75, 3.05) is 13.2 Å². The summed E-state index contributed by atoms with van der Waals surface area (Å²) < 4.78 is 12.3. The van der Waals surface area contributed by atoms with Gasteiger partial charge in [0.05, 0.1) is 11.6 Å². The first-order chi connectivity index (χ1) is 16.3. The molecule has 0 fully saturated rings. The van der Waals surface area contributed by atoms with E-state index in [1.807, 2.05) is 18.2 Å². The molecule has 1 heterocycles. The summed E-state index contributed by atoms with van der Waals surface area (Å²) in [7, 11) is 0. The molecule has 0 radical (unpaired) electrons. The molecule has 0 bridgehead atoms. The molecular weight excluding hydrogens is 568 g/mol. The monoisotopic (exact) mass is 585 g/mol. The minimum atomic E-state index is -1.16. The summed E-state index contributed by atoms with van der Waals surface area (Å²) in [4.78, 5) is 23.8. The topological polar surface area (TPSA) is 87.7 Å². The van der Waals surface area contributed by atoms with E-state index in [2.05, 4.69) is 21.2 Å². The molecular formula is C25H19BrCl2NNaO5. The van der Waals surface area contributed by atoms with Crippen LogP contribution in [0.5, 0.6) is 17.2 Å². The number of ether oxygens (including phenoxy) is 2. The zero-order valence-corrected chi connectivity index (χ0v) is 23.9. The van der Waals surface area contributed by atoms with E-state index < -0.39 is 11.9 Å². The van der Waals surface area contributed by atoms with Gasteiger partial charge in [-0.3, -0.25) is 4.79 Å². The van der Waals surface area contributed by atoms with Crippen LogP contribution in [0, 0.1) is 0 Å². The Labute approximate surface area is 243 Å². The number of carbonyl (C=O) groups is 2. The van der Waals surface area contributed by atoms with Crippen molar-refractivity contribution in [2.24, 2.45) is 0 Å². The van der Waals surface area contributed by atoms with E-state index in [4.69, 9.17) is 32.7 Å². The van der Waals surface area contributed by atoms with Crippen LogP contribution in [0.4, 0.5) is 0 Å². The molecule has 6 nitrogen and oxygen atoms in total. The number of aliphatic carboxylic acids is 1. The van der Waals surface area contributed by atoms with Crippen molar-refractivity contribution in [3.63, 3.8) is 0 Å². The number of amides is 1. The number of carbonyl (C=O) groups excluding carboxylic acids is 2. The number of carboxylic acid groups (broad SMARTS) is 1. The molecule has 1 N–H and O–H groups in total. The number of rotatable bonds is 7. The van der Waals surface area contributed by atoms with Gasteiger partial charge in [-0.1, -0.05) is 45.2 Å². The zero-order valence-electron chi connectivity index (χ0n) is 18.8. The Morgan fingerprint density at radius 1 is 1.11 bits per heavy atom. The van der Waals surface area contributed by atoms with Crippen LogP contribution in [-0.4, -0.2) is 25.0 Å². The fourth-order valence-electron chi connectivity index (χ4n) is 3.65. The molecule has 4 rings (SSSR count). The van der Waals surface area contributed by atoms with Crippen LogP contribution in [0.1, 0.15) is 33.8 Å². The number of hydrogen-bond donors (Lipinski definition) is 1. The molecule has 1 atom stereocenters. The van der Waals surface area contributed by atoms with E-state index >= 15 is 0 Å². The third kappa shape index (κ3) is 6.94. The number of hydrogen-bond acceptors (Lipinski definition) is 5. The van der Waals surface area contributed by atoms with Crippen LogP contribution < -0.4 is 49.5 Å². The molecule has 1 unspecified atom stereocenters. The summed E-state index contributed by atoms with van der Waals surface area (Å²) in [5, 5.41) is 15.2. The molecule has 0 spiro atoms. The molecule has 0 saturated heterocycles. The Kier molecular flexibility index (Phi) is 9.93. The van der Waals surface area contributed by atoms with Gasteiger partial charge in [0.2, 0.25) is 0 Å². The molecule has 3 aromatic carbocycles. The average Bonchev–Trinajstić information content (AvgIpc) is 2.81. The van der Waals surface area contributed by atoms with Crippen molar-refractivity contribution in [1.82, 2.24) is 5.32 Å². The van der Waals surface area contributed by atoms with Crippen LogP contribution in [0.3, 0.4) is 0 Å². The molecule has 1 amide bonds. The summed E-state index contributed by atoms with van der Waals surface area (Å²) in [5.41, 5.74) is 2.01. The van der Waals surface area contributed by atoms with E-state index in [0.717, 1.165) is 10.0 Å². The average molecular weight is 587 g/mol. The van der Waals surface area contributed by atoms with Gasteiger partial charge in [0.1, 0.15) is 17.2 Å². The van der Waals surface area contributed by atoms with Gasteiger partial charge in [-0.25, -0.2) is 0 Å². The maximum atomic E-state index is 12.5. The fourth-order valence-corrected chi connectivity index (χ4v) is 4.74. The van der Waals surface area contributed by atoms with Gasteiger partial charge in [-0.2, -0.15) is 0 Å². The predicted octanol–water partition coefficient (Wildman–Crippen LogP) is 2.14. The van der Waals surface area contributed by atoms with Crippen LogP contribution in [-0.2, 0) is 11.2 Å². The predicted molar refractivity (Wildman–Crippen MR) is 131 cm³/mol. The Morgan fingerprint density at radius 3 is 2.54 bits per heavy atom. The Balaban J connectivity index is 0.00000342. The third-order valence-corrected chi connectivity index (χ3v) is 6.70. The number of benzene rings is 3. The zero-order chi connectivity index (χ0) is 24.2. The quantitative estimate of drug-likeness (QED) is 0.429. The second-order valence-electron chi connectivity index (χ2n) is 7.70. The molecule has 1 aliphatic rings. The van der Waals surface area contributed by atoms with Gasteiger partial charge in [0.25, 0.3) is 5.91 Å². The summed E-state index contributed by atoms with van der Waals surface area (Å²) in [6.45, 7) is 0.737. The number of fused-ring (bicyclic) bond motifs is 1. The van der Waals surface area contributed by atoms with Crippen molar-refractivity contribution in [1.29, 1.82) is 0 Å². The number of halogens is 3. The summed E-state index contributed by atoms with van der Waals surface area (Å²) in [5.74, 6) is -0.938. The smallest absolute Gasteiger partial charge is 0.549 e. The molecule has 0 saturated carbocycles. The van der Waals surface area contributed by atoms with Crippen LogP contribution in [0.25, 0.3) is 0 Å². The largest absolute Gasteiger partial charge is 1.00 e.